The van der Waals surface area contributed by atoms with Gasteiger partial charge in [0.05, 0.1) is 18.4 Å². The molecule has 1 saturated carbocycles. The van der Waals surface area contributed by atoms with Crippen LogP contribution in [0.4, 0.5) is 0 Å². The summed E-state index contributed by atoms with van der Waals surface area (Å²) in [6.07, 6.45) is 12.3. The Labute approximate surface area is 113 Å². The second-order valence-corrected chi connectivity index (χ2v) is 5.63. The van der Waals surface area contributed by atoms with Crippen molar-refractivity contribution in [2.75, 3.05) is 6.54 Å². The third-order valence-corrected chi connectivity index (χ3v) is 4.34. The Balaban J connectivity index is 1.60. The van der Waals surface area contributed by atoms with E-state index in [1.165, 1.54) is 12.8 Å². The first kappa shape index (κ1) is 12.7. The third kappa shape index (κ3) is 2.81. The molecule has 3 rings (SSSR count). The Hall–Kier alpha value is -1.36. The molecule has 0 aromatic carbocycles. The second kappa shape index (κ2) is 5.74. The average Bonchev–Trinajstić information content (AvgIpc) is 3.10. The molecule has 5 heteroatoms. The van der Waals surface area contributed by atoms with Crippen LogP contribution in [0.1, 0.15) is 44.6 Å². The molecule has 3 atom stereocenters. The number of rotatable bonds is 3. The summed E-state index contributed by atoms with van der Waals surface area (Å²) >= 11 is 0. The molecule has 1 saturated heterocycles. The molecule has 1 aromatic rings. The number of imidazole rings is 1. The molecule has 104 valence electrons. The van der Waals surface area contributed by atoms with Gasteiger partial charge in [-0.05, 0) is 38.6 Å². The zero-order valence-corrected chi connectivity index (χ0v) is 11.2. The van der Waals surface area contributed by atoms with Gasteiger partial charge in [0.25, 0.3) is 0 Å². The van der Waals surface area contributed by atoms with E-state index in [0.717, 1.165) is 32.2 Å². The van der Waals surface area contributed by atoms with E-state index in [0.29, 0.717) is 6.04 Å². The van der Waals surface area contributed by atoms with Gasteiger partial charge in [-0.1, -0.05) is 6.42 Å². The quantitative estimate of drug-likeness (QED) is 0.861. The fraction of sp³-hybridized carbons (Fsp3) is 0.714. The first-order valence-corrected chi connectivity index (χ1v) is 7.36. The van der Waals surface area contributed by atoms with Crippen molar-refractivity contribution in [3.63, 3.8) is 0 Å². The van der Waals surface area contributed by atoms with E-state index in [2.05, 4.69) is 20.2 Å². The molecular weight excluding hydrogens is 240 g/mol. The van der Waals surface area contributed by atoms with Crippen molar-refractivity contribution in [3.8, 4) is 0 Å². The van der Waals surface area contributed by atoms with Crippen molar-refractivity contribution in [2.24, 2.45) is 0 Å². The minimum Gasteiger partial charge on any atom is -0.350 e. The van der Waals surface area contributed by atoms with Crippen LogP contribution >= 0.6 is 0 Å². The SMILES string of the molecule is O=C(NC1CCCC1n1ccnc1)C1CCCCN1. The molecule has 1 aliphatic carbocycles. The topological polar surface area (TPSA) is 59.0 Å². The predicted molar refractivity (Wildman–Crippen MR) is 72.7 cm³/mol. The monoisotopic (exact) mass is 262 g/mol. The number of nitrogens with one attached hydrogen (secondary N) is 2. The van der Waals surface area contributed by atoms with Crippen molar-refractivity contribution in [1.82, 2.24) is 20.2 Å². The fourth-order valence-corrected chi connectivity index (χ4v) is 3.29. The maximum atomic E-state index is 12.3. The van der Waals surface area contributed by atoms with Gasteiger partial charge < -0.3 is 15.2 Å². The van der Waals surface area contributed by atoms with E-state index in [9.17, 15) is 4.79 Å². The van der Waals surface area contributed by atoms with Gasteiger partial charge in [-0.2, -0.15) is 0 Å². The molecule has 5 nitrogen and oxygen atoms in total. The maximum Gasteiger partial charge on any atom is 0.237 e. The molecule has 2 heterocycles. The van der Waals surface area contributed by atoms with Crippen LogP contribution in [-0.4, -0.2) is 34.1 Å². The largest absolute Gasteiger partial charge is 0.350 e. The summed E-state index contributed by atoms with van der Waals surface area (Å²) in [5.41, 5.74) is 0. The summed E-state index contributed by atoms with van der Waals surface area (Å²) in [5, 5.41) is 6.55. The molecule has 2 aliphatic rings. The smallest absolute Gasteiger partial charge is 0.237 e. The number of hydrogen-bond acceptors (Lipinski definition) is 3. The van der Waals surface area contributed by atoms with Crippen LogP contribution in [-0.2, 0) is 4.79 Å². The molecule has 0 radical (unpaired) electrons. The number of carbonyl (C=O) groups is 1. The minimum absolute atomic E-state index is 0.0118. The van der Waals surface area contributed by atoms with Gasteiger partial charge in [-0.3, -0.25) is 4.79 Å². The lowest BCUT2D eigenvalue weighted by Crippen LogP contribution is -2.50. The number of hydrogen-bond donors (Lipinski definition) is 2. The number of aromatic nitrogens is 2. The molecule has 2 N–H and O–H groups in total. The van der Waals surface area contributed by atoms with E-state index in [1.54, 1.807) is 6.20 Å². The van der Waals surface area contributed by atoms with Crippen LogP contribution in [0, 0.1) is 0 Å². The summed E-state index contributed by atoms with van der Waals surface area (Å²) in [4.78, 5) is 16.4. The molecule has 1 amide bonds. The Bertz CT molecular complexity index is 411. The Morgan fingerprint density at radius 2 is 2.21 bits per heavy atom. The molecule has 0 spiro atoms. The first-order chi connectivity index (χ1) is 9.34. The third-order valence-electron chi connectivity index (χ3n) is 4.34. The molecule has 1 aromatic heterocycles. The van der Waals surface area contributed by atoms with Crippen LogP contribution in [0.25, 0.3) is 0 Å². The van der Waals surface area contributed by atoms with Gasteiger partial charge in [0, 0.05) is 18.4 Å². The van der Waals surface area contributed by atoms with Gasteiger partial charge in [0.15, 0.2) is 0 Å². The van der Waals surface area contributed by atoms with E-state index in [4.69, 9.17) is 0 Å². The van der Waals surface area contributed by atoms with Crippen molar-refractivity contribution < 1.29 is 4.79 Å². The fourth-order valence-electron chi connectivity index (χ4n) is 3.29. The van der Waals surface area contributed by atoms with E-state index >= 15 is 0 Å². The van der Waals surface area contributed by atoms with E-state index < -0.39 is 0 Å². The summed E-state index contributed by atoms with van der Waals surface area (Å²) in [7, 11) is 0. The minimum atomic E-state index is 0.0118. The molecular formula is C14H22N4O. The van der Waals surface area contributed by atoms with Crippen LogP contribution in [0.3, 0.4) is 0 Å². The Morgan fingerprint density at radius 1 is 1.26 bits per heavy atom. The highest BCUT2D eigenvalue weighted by atomic mass is 16.2. The summed E-state index contributed by atoms with van der Waals surface area (Å²) in [6, 6.07) is 0.637. The Kier molecular flexibility index (Phi) is 3.82. The summed E-state index contributed by atoms with van der Waals surface area (Å²) < 4.78 is 2.13. The highest BCUT2D eigenvalue weighted by Gasteiger charge is 2.31. The Morgan fingerprint density at radius 3 is 2.95 bits per heavy atom. The lowest BCUT2D eigenvalue weighted by atomic mass is 10.0. The van der Waals surface area contributed by atoms with Crippen molar-refractivity contribution in [2.45, 2.75) is 56.7 Å². The molecule has 19 heavy (non-hydrogen) atoms. The van der Waals surface area contributed by atoms with Gasteiger partial charge in [-0.15, -0.1) is 0 Å². The number of piperidine rings is 1. The highest BCUT2D eigenvalue weighted by molar-refractivity contribution is 5.82. The standard InChI is InChI=1S/C14H22N4O/c19-14(12-4-1-2-7-16-12)17-11-5-3-6-13(11)18-9-8-15-10-18/h8-13,16H,1-7H2,(H,17,19). The molecule has 1 aliphatic heterocycles. The first-order valence-electron chi connectivity index (χ1n) is 7.36. The lowest BCUT2D eigenvalue weighted by molar-refractivity contribution is -0.124. The summed E-state index contributed by atoms with van der Waals surface area (Å²) in [6.45, 7) is 0.966. The van der Waals surface area contributed by atoms with Crippen LogP contribution in [0.5, 0.6) is 0 Å². The highest BCUT2D eigenvalue weighted by Crippen LogP contribution is 2.30. The van der Waals surface area contributed by atoms with E-state index in [-0.39, 0.29) is 18.0 Å². The van der Waals surface area contributed by atoms with Crippen LogP contribution in [0.15, 0.2) is 18.7 Å². The van der Waals surface area contributed by atoms with Crippen molar-refractivity contribution >= 4 is 5.91 Å². The van der Waals surface area contributed by atoms with Crippen LogP contribution < -0.4 is 10.6 Å². The van der Waals surface area contributed by atoms with Crippen LogP contribution in [0.2, 0.25) is 0 Å². The van der Waals surface area contributed by atoms with Gasteiger partial charge >= 0.3 is 0 Å². The summed E-state index contributed by atoms with van der Waals surface area (Å²) in [5.74, 6) is 0.178. The van der Waals surface area contributed by atoms with Gasteiger partial charge in [0.2, 0.25) is 5.91 Å². The maximum absolute atomic E-state index is 12.3. The average molecular weight is 262 g/mol. The van der Waals surface area contributed by atoms with Crippen molar-refractivity contribution in [3.05, 3.63) is 18.7 Å². The predicted octanol–water partition coefficient (Wildman–Crippen LogP) is 1.23. The normalized spacial score (nSPS) is 31.3. The molecule has 2 fully saturated rings. The second-order valence-electron chi connectivity index (χ2n) is 5.63. The lowest BCUT2D eigenvalue weighted by Gasteiger charge is -2.27. The van der Waals surface area contributed by atoms with Crippen molar-refractivity contribution in [1.29, 1.82) is 0 Å². The number of nitrogens with zero attached hydrogens (tertiary/aromatic N) is 2. The zero-order chi connectivity index (χ0) is 13.1. The molecule has 0 bridgehead atoms. The number of carbonyl (C=O) groups excluding carboxylic acids is 1. The number of amides is 1. The molecule has 3 unspecified atom stereocenters. The van der Waals surface area contributed by atoms with Gasteiger partial charge in [0.1, 0.15) is 0 Å². The van der Waals surface area contributed by atoms with E-state index in [1.807, 2.05) is 12.5 Å². The van der Waals surface area contributed by atoms with Gasteiger partial charge in [-0.25, -0.2) is 4.98 Å². The zero-order valence-electron chi connectivity index (χ0n) is 11.2.